The maximum Gasteiger partial charge on any atom is 0.269 e. The van der Waals surface area contributed by atoms with Crippen molar-refractivity contribution in [2.45, 2.75) is 77.2 Å². The van der Waals surface area contributed by atoms with Gasteiger partial charge in [0.15, 0.2) is 0 Å². The summed E-state index contributed by atoms with van der Waals surface area (Å²) in [4.78, 5) is 12.7. The standard InChI is InChI=1S/C17H29N3O3/c1-5-20-14(10-13(19-20)11(2)3)17(22)18-12-8-6-7-9-15(23-4)16(12)21/h10-12,15-16,21H,5-9H2,1-4H3,(H,18,22)/t12-,15-,16-/m1/s1. The molecule has 3 atom stereocenters. The highest BCUT2D eigenvalue weighted by atomic mass is 16.5. The number of methoxy groups -OCH3 is 1. The summed E-state index contributed by atoms with van der Waals surface area (Å²) in [5.74, 6) is 0.0998. The molecule has 0 aromatic carbocycles. The molecule has 0 saturated heterocycles. The van der Waals surface area contributed by atoms with Crippen LogP contribution < -0.4 is 5.32 Å². The average molecular weight is 323 g/mol. The van der Waals surface area contributed by atoms with Crippen molar-refractivity contribution in [2.24, 2.45) is 0 Å². The van der Waals surface area contributed by atoms with Crippen molar-refractivity contribution in [3.63, 3.8) is 0 Å². The van der Waals surface area contributed by atoms with Gasteiger partial charge in [0.1, 0.15) is 11.8 Å². The largest absolute Gasteiger partial charge is 0.388 e. The van der Waals surface area contributed by atoms with Crippen LogP contribution in [0.2, 0.25) is 0 Å². The number of nitrogens with one attached hydrogen (secondary N) is 1. The van der Waals surface area contributed by atoms with Gasteiger partial charge in [-0.1, -0.05) is 26.7 Å². The van der Waals surface area contributed by atoms with Crippen LogP contribution in [0.5, 0.6) is 0 Å². The van der Waals surface area contributed by atoms with E-state index in [2.05, 4.69) is 24.3 Å². The van der Waals surface area contributed by atoms with Crippen LogP contribution in [0.4, 0.5) is 0 Å². The van der Waals surface area contributed by atoms with Gasteiger partial charge in [0, 0.05) is 13.7 Å². The Labute approximate surface area is 138 Å². The lowest BCUT2D eigenvalue weighted by Crippen LogP contribution is -2.48. The lowest BCUT2D eigenvalue weighted by molar-refractivity contribution is -0.0277. The fraction of sp³-hybridized carbons (Fsp3) is 0.765. The lowest BCUT2D eigenvalue weighted by atomic mass is 10.0. The maximum absolute atomic E-state index is 12.7. The SMILES string of the molecule is CCn1nc(C(C)C)cc1C(=O)N[C@@H]1CCCC[C@@H](OC)[C@@H]1O. The minimum atomic E-state index is -0.672. The number of ether oxygens (including phenoxy) is 1. The van der Waals surface area contributed by atoms with Crippen molar-refractivity contribution in [2.75, 3.05) is 7.11 Å². The summed E-state index contributed by atoms with van der Waals surface area (Å²) in [6.07, 6.45) is 2.69. The smallest absolute Gasteiger partial charge is 0.269 e. The predicted octanol–water partition coefficient (Wildman–Crippen LogP) is 2.07. The molecule has 2 rings (SSSR count). The van der Waals surface area contributed by atoms with Gasteiger partial charge in [-0.05, 0) is 31.7 Å². The van der Waals surface area contributed by atoms with E-state index in [9.17, 15) is 9.90 Å². The zero-order valence-corrected chi connectivity index (χ0v) is 14.6. The maximum atomic E-state index is 12.7. The number of carbonyl (C=O) groups excluding carboxylic acids is 1. The van der Waals surface area contributed by atoms with E-state index in [0.29, 0.717) is 12.2 Å². The number of carbonyl (C=O) groups is 1. The molecule has 1 aliphatic rings. The molecule has 0 bridgehead atoms. The van der Waals surface area contributed by atoms with E-state index in [1.54, 1.807) is 11.8 Å². The van der Waals surface area contributed by atoms with E-state index in [1.807, 2.05) is 13.0 Å². The first kappa shape index (κ1) is 17.9. The number of aliphatic hydroxyl groups excluding tert-OH is 1. The number of nitrogens with zero attached hydrogens (tertiary/aromatic N) is 2. The van der Waals surface area contributed by atoms with Gasteiger partial charge in [-0.15, -0.1) is 0 Å². The van der Waals surface area contributed by atoms with Crippen LogP contribution in [-0.2, 0) is 11.3 Å². The van der Waals surface area contributed by atoms with Gasteiger partial charge >= 0.3 is 0 Å². The topological polar surface area (TPSA) is 76.4 Å². The Hall–Kier alpha value is -1.40. The molecule has 0 spiro atoms. The van der Waals surface area contributed by atoms with Gasteiger partial charge in [-0.2, -0.15) is 5.10 Å². The molecule has 1 saturated carbocycles. The highest BCUT2D eigenvalue weighted by molar-refractivity contribution is 5.93. The summed E-state index contributed by atoms with van der Waals surface area (Å²) >= 11 is 0. The molecule has 23 heavy (non-hydrogen) atoms. The van der Waals surface area contributed by atoms with Gasteiger partial charge in [-0.25, -0.2) is 0 Å². The molecule has 1 fully saturated rings. The van der Waals surface area contributed by atoms with Crippen LogP contribution in [0.15, 0.2) is 6.07 Å². The lowest BCUT2D eigenvalue weighted by Gasteiger charge is -2.27. The van der Waals surface area contributed by atoms with E-state index in [-0.39, 0.29) is 24.0 Å². The number of hydrogen-bond donors (Lipinski definition) is 2. The second kappa shape index (κ2) is 7.93. The van der Waals surface area contributed by atoms with Gasteiger partial charge in [-0.3, -0.25) is 9.48 Å². The summed E-state index contributed by atoms with van der Waals surface area (Å²) in [6.45, 7) is 6.73. The molecule has 1 aromatic rings. The zero-order valence-electron chi connectivity index (χ0n) is 14.6. The van der Waals surface area contributed by atoms with Crippen LogP contribution in [0.3, 0.4) is 0 Å². The fourth-order valence-corrected chi connectivity index (χ4v) is 3.11. The van der Waals surface area contributed by atoms with E-state index in [0.717, 1.165) is 31.4 Å². The molecule has 1 heterocycles. The van der Waals surface area contributed by atoms with Crippen LogP contribution in [0.25, 0.3) is 0 Å². The first-order chi connectivity index (χ1) is 11.0. The van der Waals surface area contributed by atoms with E-state index in [1.165, 1.54) is 0 Å². The third kappa shape index (κ3) is 4.12. The third-order valence-corrected chi connectivity index (χ3v) is 4.59. The van der Waals surface area contributed by atoms with Crippen LogP contribution in [0, 0.1) is 0 Å². The van der Waals surface area contributed by atoms with Crippen LogP contribution >= 0.6 is 0 Å². The van der Waals surface area contributed by atoms with Crippen LogP contribution in [-0.4, -0.2) is 46.2 Å². The quantitative estimate of drug-likeness (QED) is 0.813. The summed E-state index contributed by atoms with van der Waals surface area (Å²) in [5.41, 5.74) is 1.47. The Morgan fingerprint density at radius 1 is 1.48 bits per heavy atom. The Bertz CT molecular complexity index is 527. The molecular weight excluding hydrogens is 294 g/mol. The second-order valence-corrected chi connectivity index (χ2v) is 6.55. The number of hydrogen-bond acceptors (Lipinski definition) is 4. The van der Waals surface area contributed by atoms with Gasteiger partial charge in [0.25, 0.3) is 5.91 Å². The minimum Gasteiger partial charge on any atom is -0.388 e. The van der Waals surface area contributed by atoms with Gasteiger partial charge in [0.2, 0.25) is 0 Å². The number of aliphatic hydroxyl groups is 1. The highest BCUT2D eigenvalue weighted by Crippen LogP contribution is 2.22. The number of amides is 1. The average Bonchev–Trinajstić information content (AvgIpc) is 2.90. The van der Waals surface area contributed by atoms with Crippen LogP contribution in [0.1, 0.15) is 68.6 Å². The molecule has 0 unspecified atom stereocenters. The fourth-order valence-electron chi connectivity index (χ4n) is 3.11. The van der Waals surface area contributed by atoms with Crippen molar-refractivity contribution in [1.82, 2.24) is 15.1 Å². The second-order valence-electron chi connectivity index (χ2n) is 6.55. The Morgan fingerprint density at radius 3 is 2.78 bits per heavy atom. The normalized spacial score (nSPS) is 25.4. The Kier molecular flexibility index (Phi) is 6.18. The molecule has 1 aliphatic carbocycles. The van der Waals surface area contributed by atoms with Crippen molar-refractivity contribution in [3.8, 4) is 0 Å². The minimum absolute atomic E-state index is 0.174. The molecule has 0 radical (unpaired) electrons. The Morgan fingerprint density at radius 2 is 2.17 bits per heavy atom. The number of aryl methyl sites for hydroxylation is 1. The van der Waals surface area contributed by atoms with Gasteiger partial charge in [0.05, 0.1) is 17.8 Å². The molecule has 1 amide bonds. The molecule has 130 valence electrons. The van der Waals surface area contributed by atoms with E-state index >= 15 is 0 Å². The summed E-state index contributed by atoms with van der Waals surface area (Å²) in [5, 5.41) is 17.9. The molecule has 1 aromatic heterocycles. The summed E-state index contributed by atoms with van der Waals surface area (Å²) in [7, 11) is 1.61. The molecule has 2 N–H and O–H groups in total. The van der Waals surface area contributed by atoms with E-state index in [4.69, 9.17) is 4.74 Å². The van der Waals surface area contributed by atoms with Gasteiger partial charge < -0.3 is 15.2 Å². The van der Waals surface area contributed by atoms with Crippen molar-refractivity contribution in [1.29, 1.82) is 0 Å². The predicted molar refractivity (Wildman–Crippen MR) is 88.5 cm³/mol. The molecule has 0 aliphatic heterocycles. The highest BCUT2D eigenvalue weighted by Gasteiger charge is 2.32. The zero-order chi connectivity index (χ0) is 17.0. The van der Waals surface area contributed by atoms with Crippen molar-refractivity contribution >= 4 is 5.91 Å². The van der Waals surface area contributed by atoms with E-state index < -0.39 is 6.10 Å². The first-order valence-electron chi connectivity index (χ1n) is 8.57. The third-order valence-electron chi connectivity index (χ3n) is 4.59. The van der Waals surface area contributed by atoms with Crippen molar-refractivity contribution in [3.05, 3.63) is 17.5 Å². The molecule has 6 nitrogen and oxygen atoms in total. The van der Waals surface area contributed by atoms with Crippen molar-refractivity contribution < 1.29 is 14.6 Å². The monoisotopic (exact) mass is 323 g/mol. The number of aromatic nitrogens is 2. The summed E-state index contributed by atoms with van der Waals surface area (Å²) in [6, 6.07) is 1.57. The number of rotatable bonds is 5. The summed E-state index contributed by atoms with van der Waals surface area (Å²) < 4.78 is 7.09. The first-order valence-corrected chi connectivity index (χ1v) is 8.57. The molecular formula is C17H29N3O3. The molecule has 6 heteroatoms. The Balaban J connectivity index is 2.14.